The molecule has 8 heteroatoms. The van der Waals surface area contributed by atoms with Gasteiger partial charge in [0, 0.05) is 0 Å². The van der Waals surface area contributed by atoms with Gasteiger partial charge in [-0.05, 0) is 42.8 Å². The van der Waals surface area contributed by atoms with Gasteiger partial charge in [0.1, 0.15) is 0 Å². The Bertz CT molecular complexity index is 1170. The zero-order valence-electron chi connectivity index (χ0n) is 18.1. The van der Waals surface area contributed by atoms with E-state index in [-0.39, 0.29) is 16.7 Å². The van der Waals surface area contributed by atoms with Crippen LogP contribution in [0.25, 0.3) is 0 Å². The third-order valence-electron chi connectivity index (χ3n) is 5.18. The van der Waals surface area contributed by atoms with Crippen LogP contribution in [0.3, 0.4) is 0 Å². The molecule has 0 aromatic heterocycles. The van der Waals surface area contributed by atoms with Crippen LogP contribution in [-0.2, 0) is 18.9 Å². The molecule has 1 aliphatic heterocycles. The molecule has 0 saturated carbocycles. The Morgan fingerprint density at radius 3 is 1.76 bits per heavy atom. The molecule has 0 amide bonds. The molecular weight excluding hydrogens is 443 g/mol. The van der Waals surface area contributed by atoms with Crippen molar-refractivity contribution < 1.29 is 37.7 Å². The Hall–Kier alpha value is -4.04. The van der Waals surface area contributed by atoms with Gasteiger partial charge in [-0.15, -0.1) is 0 Å². The summed E-state index contributed by atoms with van der Waals surface area (Å²) in [5, 5.41) is 0. The summed E-state index contributed by atoms with van der Waals surface area (Å²) in [7, 11) is 0. The Morgan fingerprint density at radius 1 is 0.676 bits per heavy atom. The molecule has 0 aliphatic carbocycles. The van der Waals surface area contributed by atoms with Crippen molar-refractivity contribution in [2.45, 2.75) is 31.8 Å². The summed E-state index contributed by atoms with van der Waals surface area (Å²) in [6, 6.07) is 22.5. The zero-order valence-corrected chi connectivity index (χ0v) is 18.1. The lowest BCUT2D eigenvalue weighted by molar-refractivity contribution is -0.182. The van der Waals surface area contributed by atoms with E-state index in [0.717, 1.165) is 0 Å². The largest absolute Gasteiger partial charge is 0.449 e. The number of esters is 3. The molecule has 1 aliphatic rings. The number of halogens is 1. The molecule has 0 unspecified atom stereocenters. The number of benzene rings is 3. The molecule has 0 radical (unpaired) electrons. The topological polar surface area (TPSA) is 88.1 Å². The first-order valence-corrected chi connectivity index (χ1v) is 10.5. The standard InChI is InChI=1S/C26H21FO7/c1-16-10-8-9-15-19(16)24(30)33-26-21(31-22(28)17-11-4-2-5-12-17)20(27)25(34-26)32-23(29)18-13-6-3-7-14-18/h2-15,20-21,25-26H,1H3/t20-,21-,25-,26-/m0/s1. The quantitative estimate of drug-likeness (QED) is 0.398. The molecule has 7 nitrogen and oxygen atoms in total. The number of carbonyl (C=O) groups is 3. The second-order valence-corrected chi connectivity index (χ2v) is 7.54. The Morgan fingerprint density at radius 2 is 1.18 bits per heavy atom. The highest BCUT2D eigenvalue weighted by atomic mass is 19.1. The van der Waals surface area contributed by atoms with Gasteiger partial charge in [-0.3, -0.25) is 4.74 Å². The lowest BCUT2D eigenvalue weighted by Gasteiger charge is -2.20. The summed E-state index contributed by atoms with van der Waals surface area (Å²) in [5.41, 5.74) is 1.21. The van der Waals surface area contributed by atoms with Gasteiger partial charge in [-0.2, -0.15) is 0 Å². The highest BCUT2D eigenvalue weighted by Crippen LogP contribution is 2.30. The molecule has 1 heterocycles. The van der Waals surface area contributed by atoms with E-state index in [2.05, 4.69) is 0 Å². The van der Waals surface area contributed by atoms with E-state index in [9.17, 15) is 14.4 Å². The first-order valence-electron chi connectivity index (χ1n) is 10.5. The highest BCUT2D eigenvalue weighted by molar-refractivity contribution is 5.91. The number of aryl methyl sites for hydroxylation is 1. The monoisotopic (exact) mass is 464 g/mol. The van der Waals surface area contributed by atoms with Crippen LogP contribution >= 0.6 is 0 Å². The summed E-state index contributed by atoms with van der Waals surface area (Å²) < 4.78 is 36.5. The lowest BCUT2D eigenvalue weighted by atomic mass is 10.1. The summed E-state index contributed by atoms with van der Waals surface area (Å²) in [6.45, 7) is 1.71. The van der Waals surface area contributed by atoms with Crippen molar-refractivity contribution in [3.8, 4) is 0 Å². The maximum atomic E-state index is 15.3. The van der Waals surface area contributed by atoms with Crippen LogP contribution in [0, 0.1) is 6.92 Å². The van der Waals surface area contributed by atoms with E-state index in [1.165, 1.54) is 30.3 Å². The van der Waals surface area contributed by atoms with E-state index < -0.39 is 42.8 Å². The molecule has 4 rings (SSSR count). The molecule has 0 N–H and O–H groups in total. The highest BCUT2D eigenvalue weighted by Gasteiger charge is 2.52. The molecular formula is C26H21FO7. The smallest absolute Gasteiger partial charge is 0.340 e. The fourth-order valence-corrected chi connectivity index (χ4v) is 3.38. The molecule has 1 saturated heterocycles. The Kier molecular flexibility index (Phi) is 6.98. The van der Waals surface area contributed by atoms with Gasteiger partial charge in [0.25, 0.3) is 0 Å². The van der Waals surface area contributed by atoms with Crippen LogP contribution in [0.1, 0.15) is 36.6 Å². The minimum absolute atomic E-state index is 0.170. The second-order valence-electron chi connectivity index (χ2n) is 7.54. The summed E-state index contributed by atoms with van der Waals surface area (Å²) in [5.74, 6) is -2.48. The van der Waals surface area contributed by atoms with Crippen molar-refractivity contribution in [2.75, 3.05) is 0 Å². The van der Waals surface area contributed by atoms with E-state index >= 15 is 4.39 Å². The molecule has 3 aromatic carbocycles. The number of carbonyl (C=O) groups excluding carboxylic acids is 3. The van der Waals surface area contributed by atoms with Crippen molar-refractivity contribution in [2.24, 2.45) is 0 Å². The molecule has 1 fully saturated rings. The average molecular weight is 464 g/mol. The molecule has 34 heavy (non-hydrogen) atoms. The van der Waals surface area contributed by atoms with E-state index in [0.29, 0.717) is 5.56 Å². The predicted molar refractivity (Wildman–Crippen MR) is 118 cm³/mol. The second kappa shape index (κ2) is 10.3. The SMILES string of the molecule is Cc1ccccc1C(=O)O[C@H]1O[C@H](OC(=O)c2ccccc2)[C@@H](F)[C@@H]1OC(=O)c1ccccc1. The first kappa shape index (κ1) is 23.1. The molecule has 0 bridgehead atoms. The van der Waals surface area contributed by atoms with Crippen molar-refractivity contribution >= 4 is 17.9 Å². The molecule has 0 spiro atoms. The number of hydrogen-bond donors (Lipinski definition) is 0. The van der Waals surface area contributed by atoms with Gasteiger partial charge in [-0.1, -0.05) is 54.6 Å². The lowest BCUT2D eigenvalue weighted by Crippen LogP contribution is -2.37. The Labute approximate surface area is 195 Å². The number of rotatable bonds is 6. The van der Waals surface area contributed by atoms with Crippen molar-refractivity contribution in [1.29, 1.82) is 0 Å². The minimum atomic E-state index is -2.10. The van der Waals surface area contributed by atoms with Gasteiger partial charge in [-0.25, -0.2) is 18.8 Å². The predicted octanol–water partition coefficient (Wildman–Crippen LogP) is 4.25. The molecule has 4 atom stereocenters. The maximum Gasteiger partial charge on any atom is 0.340 e. The third kappa shape index (κ3) is 5.13. The minimum Gasteiger partial charge on any atom is -0.449 e. The van der Waals surface area contributed by atoms with E-state index in [4.69, 9.17) is 18.9 Å². The van der Waals surface area contributed by atoms with Gasteiger partial charge >= 0.3 is 17.9 Å². The Balaban J connectivity index is 1.54. The number of hydrogen-bond acceptors (Lipinski definition) is 7. The number of ether oxygens (including phenoxy) is 4. The van der Waals surface area contributed by atoms with Gasteiger partial charge in [0.2, 0.25) is 24.9 Å². The normalized spacial score (nSPS) is 21.5. The first-order chi connectivity index (χ1) is 16.4. The average Bonchev–Trinajstić information content (AvgIpc) is 3.14. The van der Waals surface area contributed by atoms with Crippen molar-refractivity contribution in [1.82, 2.24) is 0 Å². The summed E-state index contributed by atoms with van der Waals surface area (Å²) >= 11 is 0. The van der Waals surface area contributed by atoms with Crippen LogP contribution in [0.2, 0.25) is 0 Å². The van der Waals surface area contributed by atoms with Crippen molar-refractivity contribution in [3.63, 3.8) is 0 Å². The fraction of sp³-hybridized carbons (Fsp3) is 0.192. The van der Waals surface area contributed by atoms with Gasteiger partial charge in [0.15, 0.2) is 0 Å². The summed E-state index contributed by atoms with van der Waals surface area (Å²) in [4.78, 5) is 37.7. The van der Waals surface area contributed by atoms with Crippen LogP contribution in [0.15, 0.2) is 84.9 Å². The zero-order chi connectivity index (χ0) is 24.1. The fourth-order valence-electron chi connectivity index (χ4n) is 3.38. The van der Waals surface area contributed by atoms with Gasteiger partial charge in [0.05, 0.1) is 16.7 Å². The van der Waals surface area contributed by atoms with Gasteiger partial charge < -0.3 is 14.2 Å². The van der Waals surface area contributed by atoms with E-state index in [1.54, 1.807) is 61.5 Å². The maximum absolute atomic E-state index is 15.3. The van der Waals surface area contributed by atoms with Crippen LogP contribution < -0.4 is 0 Å². The van der Waals surface area contributed by atoms with Crippen molar-refractivity contribution in [3.05, 3.63) is 107 Å². The van der Waals surface area contributed by atoms with Crippen LogP contribution in [-0.4, -0.2) is 42.8 Å². The van der Waals surface area contributed by atoms with Crippen LogP contribution in [0.5, 0.6) is 0 Å². The van der Waals surface area contributed by atoms with Crippen LogP contribution in [0.4, 0.5) is 4.39 Å². The third-order valence-corrected chi connectivity index (χ3v) is 5.18. The molecule has 174 valence electrons. The molecule has 3 aromatic rings. The van der Waals surface area contributed by atoms with E-state index in [1.807, 2.05) is 0 Å². The summed E-state index contributed by atoms with van der Waals surface area (Å²) in [6.07, 6.45) is -7.15. The number of alkyl halides is 1.